The fourth-order valence-corrected chi connectivity index (χ4v) is 1.74. The third kappa shape index (κ3) is 4.02. The lowest BCUT2D eigenvalue weighted by Gasteiger charge is -2.11. The van der Waals surface area contributed by atoms with E-state index < -0.39 is 0 Å². The van der Waals surface area contributed by atoms with Crippen molar-refractivity contribution in [1.82, 2.24) is 0 Å². The molecule has 0 radical (unpaired) electrons. The van der Waals surface area contributed by atoms with Gasteiger partial charge in [-0.3, -0.25) is 0 Å². The second-order valence-electron chi connectivity index (χ2n) is 4.27. The molecule has 1 rings (SSSR count). The Balaban J connectivity index is 2.63. The normalized spacial score (nSPS) is 14.9. The molecule has 2 nitrogen and oxygen atoms in total. The molecule has 3 N–H and O–H groups in total. The monoisotopic (exact) mass is 207 g/mol. The Morgan fingerprint density at radius 3 is 2.27 bits per heavy atom. The molecular formula is C13H21NO. The summed E-state index contributed by atoms with van der Waals surface area (Å²) < 4.78 is 0. The van der Waals surface area contributed by atoms with E-state index in [4.69, 9.17) is 5.73 Å². The summed E-state index contributed by atoms with van der Waals surface area (Å²) in [6.45, 7) is 4.73. The number of hydrogen-bond donors (Lipinski definition) is 2. The first-order valence-electron chi connectivity index (χ1n) is 5.60. The van der Waals surface area contributed by atoms with Gasteiger partial charge in [-0.15, -0.1) is 0 Å². The van der Waals surface area contributed by atoms with Crippen LogP contribution in [-0.4, -0.2) is 17.8 Å². The number of aliphatic hydroxyl groups excluding tert-OH is 1. The Bertz CT molecular complexity index is 279. The molecule has 1 aromatic rings. The zero-order chi connectivity index (χ0) is 11.3. The Hall–Kier alpha value is -0.860. The minimum absolute atomic E-state index is 0.266. The van der Waals surface area contributed by atoms with E-state index in [-0.39, 0.29) is 6.10 Å². The first kappa shape index (κ1) is 12.2. The minimum atomic E-state index is -0.266. The fraction of sp³-hybridized carbons (Fsp3) is 0.538. The van der Waals surface area contributed by atoms with Crippen molar-refractivity contribution in [1.29, 1.82) is 0 Å². The smallest absolute Gasteiger partial charge is 0.0552 e. The van der Waals surface area contributed by atoms with E-state index in [1.165, 1.54) is 11.1 Å². The first-order valence-corrected chi connectivity index (χ1v) is 5.60. The van der Waals surface area contributed by atoms with Crippen LogP contribution >= 0.6 is 0 Å². The van der Waals surface area contributed by atoms with Crippen molar-refractivity contribution in [3.8, 4) is 0 Å². The van der Waals surface area contributed by atoms with Crippen molar-refractivity contribution in [2.24, 2.45) is 5.73 Å². The Labute approximate surface area is 92.1 Å². The molecule has 2 atom stereocenters. The highest BCUT2D eigenvalue weighted by molar-refractivity contribution is 5.25. The van der Waals surface area contributed by atoms with Crippen LogP contribution in [-0.2, 0) is 6.42 Å². The van der Waals surface area contributed by atoms with Gasteiger partial charge in [-0.25, -0.2) is 0 Å². The van der Waals surface area contributed by atoms with Crippen molar-refractivity contribution < 1.29 is 5.11 Å². The Morgan fingerprint density at radius 2 is 1.80 bits per heavy atom. The highest BCUT2D eigenvalue weighted by Gasteiger charge is 2.04. The van der Waals surface area contributed by atoms with Gasteiger partial charge in [0.2, 0.25) is 0 Å². The summed E-state index contributed by atoms with van der Waals surface area (Å²) >= 11 is 0. The predicted octanol–water partition coefficient (Wildman–Crippen LogP) is 2.06. The molecule has 0 aromatic heterocycles. The molecule has 0 aliphatic carbocycles. The van der Waals surface area contributed by atoms with Gasteiger partial charge in [0.05, 0.1) is 6.10 Å². The van der Waals surface area contributed by atoms with Gasteiger partial charge < -0.3 is 10.8 Å². The van der Waals surface area contributed by atoms with Gasteiger partial charge in [0.25, 0.3) is 0 Å². The van der Waals surface area contributed by atoms with Crippen LogP contribution in [0.1, 0.15) is 37.3 Å². The molecule has 0 bridgehead atoms. The molecule has 0 saturated heterocycles. The summed E-state index contributed by atoms with van der Waals surface area (Å²) in [5, 5.41) is 9.25. The van der Waals surface area contributed by atoms with Crippen LogP contribution in [0, 0.1) is 0 Å². The van der Waals surface area contributed by atoms with Crippen molar-refractivity contribution in [3.63, 3.8) is 0 Å². The zero-order valence-corrected chi connectivity index (χ0v) is 9.61. The largest absolute Gasteiger partial charge is 0.393 e. The summed E-state index contributed by atoms with van der Waals surface area (Å²) in [7, 11) is 0. The van der Waals surface area contributed by atoms with Gasteiger partial charge in [0, 0.05) is 0 Å². The Kier molecular flexibility index (Phi) is 4.79. The van der Waals surface area contributed by atoms with Crippen molar-refractivity contribution in [3.05, 3.63) is 35.4 Å². The number of hydrogen-bond acceptors (Lipinski definition) is 2. The molecule has 2 unspecified atom stereocenters. The van der Waals surface area contributed by atoms with Gasteiger partial charge in [-0.05, 0) is 43.4 Å². The molecule has 2 heteroatoms. The lowest BCUT2D eigenvalue weighted by atomic mass is 9.96. The van der Waals surface area contributed by atoms with Crippen molar-refractivity contribution in [2.45, 2.75) is 38.7 Å². The number of nitrogens with two attached hydrogens (primary N) is 1. The fourth-order valence-electron chi connectivity index (χ4n) is 1.74. The summed E-state index contributed by atoms with van der Waals surface area (Å²) in [6.07, 6.45) is 1.48. The van der Waals surface area contributed by atoms with Gasteiger partial charge in [0.15, 0.2) is 0 Å². The third-order valence-electron chi connectivity index (χ3n) is 2.68. The summed E-state index contributed by atoms with van der Waals surface area (Å²) in [5.41, 5.74) is 8.05. The Morgan fingerprint density at radius 1 is 1.20 bits per heavy atom. The van der Waals surface area contributed by atoms with Crippen molar-refractivity contribution >= 4 is 0 Å². The molecule has 0 saturated carbocycles. The highest BCUT2D eigenvalue weighted by Crippen LogP contribution is 2.19. The maximum Gasteiger partial charge on any atom is 0.0552 e. The van der Waals surface area contributed by atoms with E-state index in [1.807, 2.05) is 6.92 Å². The van der Waals surface area contributed by atoms with E-state index in [0.717, 1.165) is 19.4 Å². The van der Waals surface area contributed by atoms with Crippen LogP contribution in [0.2, 0.25) is 0 Å². The van der Waals surface area contributed by atoms with Crippen LogP contribution in [0.4, 0.5) is 0 Å². The lowest BCUT2D eigenvalue weighted by molar-refractivity contribution is 0.195. The van der Waals surface area contributed by atoms with E-state index in [2.05, 4.69) is 31.2 Å². The van der Waals surface area contributed by atoms with Crippen LogP contribution in [0.15, 0.2) is 24.3 Å². The first-order chi connectivity index (χ1) is 7.13. The molecule has 1 aromatic carbocycles. The summed E-state index contributed by atoms with van der Waals surface area (Å²) in [6, 6.07) is 8.46. The zero-order valence-electron chi connectivity index (χ0n) is 9.61. The van der Waals surface area contributed by atoms with Gasteiger partial charge in [-0.1, -0.05) is 31.2 Å². The third-order valence-corrected chi connectivity index (χ3v) is 2.68. The predicted molar refractivity (Wildman–Crippen MR) is 63.9 cm³/mol. The van der Waals surface area contributed by atoms with Crippen molar-refractivity contribution in [2.75, 3.05) is 6.54 Å². The molecule has 0 fully saturated rings. The molecule has 0 heterocycles. The molecule has 15 heavy (non-hydrogen) atoms. The standard InChI is InChI=1S/C13H21NO/c1-10(7-8-14)13-5-3-12(4-6-13)9-11(2)15/h3-6,10-11,15H,7-9,14H2,1-2H3. The van der Waals surface area contributed by atoms with Gasteiger partial charge in [0.1, 0.15) is 0 Å². The maximum absolute atomic E-state index is 9.25. The average molecular weight is 207 g/mol. The quantitative estimate of drug-likeness (QED) is 0.776. The maximum atomic E-state index is 9.25. The van der Waals surface area contributed by atoms with Crippen LogP contribution < -0.4 is 5.73 Å². The van der Waals surface area contributed by atoms with Gasteiger partial charge in [-0.2, -0.15) is 0 Å². The summed E-state index contributed by atoms with van der Waals surface area (Å²) in [4.78, 5) is 0. The topological polar surface area (TPSA) is 46.2 Å². The molecule has 0 aliphatic rings. The minimum Gasteiger partial charge on any atom is -0.393 e. The lowest BCUT2D eigenvalue weighted by Crippen LogP contribution is -2.06. The molecular weight excluding hydrogens is 186 g/mol. The molecule has 84 valence electrons. The van der Waals surface area contributed by atoms with Crippen LogP contribution in [0.25, 0.3) is 0 Å². The second kappa shape index (κ2) is 5.89. The van der Waals surface area contributed by atoms with E-state index in [1.54, 1.807) is 0 Å². The van der Waals surface area contributed by atoms with Crippen LogP contribution in [0.5, 0.6) is 0 Å². The molecule has 0 amide bonds. The number of rotatable bonds is 5. The number of benzene rings is 1. The van der Waals surface area contributed by atoms with Crippen LogP contribution in [0.3, 0.4) is 0 Å². The van der Waals surface area contributed by atoms with E-state index in [0.29, 0.717) is 5.92 Å². The average Bonchev–Trinajstić information content (AvgIpc) is 2.18. The summed E-state index contributed by atoms with van der Waals surface area (Å²) in [5.74, 6) is 0.524. The van der Waals surface area contributed by atoms with E-state index >= 15 is 0 Å². The SMILES string of the molecule is CC(O)Cc1ccc(C(C)CCN)cc1. The molecule has 0 aliphatic heterocycles. The number of aliphatic hydroxyl groups is 1. The van der Waals surface area contributed by atoms with Gasteiger partial charge >= 0.3 is 0 Å². The second-order valence-corrected chi connectivity index (χ2v) is 4.27. The van der Waals surface area contributed by atoms with E-state index in [9.17, 15) is 5.11 Å². The highest BCUT2D eigenvalue weighted by atomic mass is 16.3. The molecule has 0 spiro atoms.